The summed E-state index contributed by atoms with van der Waals surface area (Å²) in [4.78, 5) is 52.6. The zero-order valence-electron chi connectivity index (χ0n) is 20.3. The van der Waals surface area contributed by atoms with Crippen molar-refractivity contribution in [1.82, 2.24) is 10.6 Å². The molecule has 0 aliphatic carbocycles. The van der Waals surface area contributed by atoms with Crippen LogP contribution in [0.5, 0.6) is 0 Å². The third-order valence-electron chi connectivity index (χ3n) is 5.51. The van der Waals surface area contributed by atoms with Crippen LogP contribution in [-0.2, 0) is 19.2 Å². The Hall–Kier alpha value is -4.45. The van der Waals surface area contributed by atoms with Gasteiger partial charge in [-0.15, -0.1) is 0 Å². The summed E-state index contributed by atoms with van der Waals surface area (Å²) >= 11 is 0. The Morgan fingerprint density at radius 3 is 2.03 bits per heavy atom. The minimum atomic E-state index is -1.22. The van der Waals surface area contributed by atoms with Gasteiger partial charge in [-0.1, -0.05) is 54.6 Å². The monoisotopic (exact) mass is 511 g/mol. The number of carboxylic acids is 1. The number of nitrogens with one attached hydrogen (secondary N) is 2. The topological polar surface area (TPSA) is 229 Å². The van der Waals surface area contributed by atoms with Crippen molar-refractivity contribution in [3.63, 3.8) is 0 Å². The van der Waals surface area contributed by atoms with E-state index in [4.69, 9.17) is 28.0 Å². The summed E-state index contributed by atoms with van der Waals surface area (Å²) in [5.41, 5.74) is 24.2. The number of hydrogen-bond acceptors (Lipinski definition) is 6. The summed E-state index contributed by atoms with van der Waals surface area (Å²) < 4.78 is 0. The Labute approximate surface area is 214 Å². The summed E-state index contributed by atoms with van der Waals surface area (Å²) in [6.45, 7) is 0.238. The summed E-state index contributed by atoms with van der Waals surface area (Å²) in [5.74, 6) is -3.35. The van der Waals surface area contributed by atoms with Crippen LogP contribution in [0.1, 0.15) is 37.3 Å². The molecule has 198 valence electrons. The molecule has 3 amide bonds. The van der Waals surface area contributed by atoms with E-state index in [1.807, 2.05) is 30.3 Å². The first kappa shape index (κ1) is 28.8. The molecule has 2 aromatic carbocycles. The fourth-order valence-electron chi connectivity index (χ4n) is 3.50. The number of nitrogens with zero attached hydrogens (tertiary/aromatic N) is 1. The molecule has 0 fully saturated rings. The second-order valence-corrected chi connectivity index (χ2v) is 8.38. The molecule has 0 radical (unpaired) electrons. The molecule has 11 N–H and O–H groups in total. The fraction of sp³-hybridized carbons (Fsp3) is 0.320. The third-order valence-corrected chi connectivity index (χ3v) is 5.51. The number of aliphatic imine (C=N–C) groups is 1. The molecule has 0 bridgehead atoms. The van der Waals surface area contributed by atoms with Crippen LogP contribution in [0.15, 0.2) is 59.6 Å². The highest BCUT2D eigenvalue weighted by Gasteiger charge is 2.28. The highest BCUT2D eigenvalue weighted by Crippen LogP contribution is 2.22. The lowest BCUT2D eigenvalue weighted by Crippen LogP contribution is -2.51. The number of hydrogen-bond donors (Lipinski definition) is 7. The first-order valence-electron chi connectivity index (χ1n) is 11.7. The van der Waals surface area contributed by atoms with Gasteiger partial charge in [0.1, 0.15) is 12.1 Å². The smallest absolute Gasteiger partial charge is 0.303 e. The molecule has 2 rings (SSSR count). The zero-order valence-corrected chi connectivity index (χ0v) is 20.3. The predicted molar refractivity (Wildman–Crippen MR) is 139 cm³/mol. The Kier molecular flexibility index (Phi) is 11.0. The number of carbonyl (C=O) groups is 4. The lowest BCUT2D eigenvalue weighted by molar-refractivity contribution is -0.137. The molecular formula is C25H33N7O5. The van der Waals surface area contributed by atoms with Crippen LogP contribution in [0.4, 0.5) is 0 Å². The highest BCUT2D eigenvalue weighted by molar-refractivity contribution is 5.93. The van der Waals surface area contributed by atoms with Crippen LogP contribution in [-0.4, -0.2) is 53.4 Å². The van der Waals surface area contributed by atoms with E-state index in [1.54, 1.807) is 24.3 Å². The van der Waals surface area contributed by atoms with Gasteiger partial charge in [-0.2, -0.15) is 0 Å². The van der Waals surface area contributed by atoms with E-state index in [-0.39, 0.29) is 31.8 Å². The van der Waals surface area contributed by atoms with Crippen molar-refractivity contribution in [2.45, 2.75) is 43.8 Å². The predicted octanol–water partition coefficient (Wildman–Crippen LogP) is -0.273. The number of primary amides is 1. The van der Waals surface area contributed by atoms with Gasteiger partial charge in [0.15, 0.2) is 5.96 Å². The van der Waals surface area contributed by atoms with E-state index in [1.165, 1.54) is 0 Å². The maximum atomic E-state index is 13.2. The van der Waals surface area contributed by atoms with Crippen molar-refractivity contribution < 1.29 is 24.3 Å². The first-order chi connectivity index (χ1) is 17.6. The van der Waals surface area contributed by atoms with Gasteiger partial charge in [-0.05, 0) is 36.0 Å². The van der Waals surface area contributed by atoms with Crippen LogP contribution in [0.3, 0.4) is 0 Å². The van der Waals surface area contributed by atoms with Crippen LogP contribution in [0, 0.1) is 0 Å². The molecule has 2 aromatic rings. The molecule has 0 saturated heterocycles. The van der Waals surface area contributed by atoms with E-state index in [9.17, 15) is 19.2 Å². The van der Waals surface area contributed by atoms with Gasteiger partial charge in [0.25, 0.3) is 0 Å². The van der Waals surface area contributed by atoms with Gasteiger partial charge in [0.2, 0.25) is 17.7 Å². The molecule has 12 heteroatoms. The number of carbonyl (C=O) groups excluding carboxylic acids is 3. The quantitative estimate of drug-likeness (QED) is 0.101. The van der Waals surface area contributed by atoms with Gasteiger partial charge in [-0.3, -0.25) is 24.2 Å². The minimum Gasteiger partial charge on any atom is -0.481 e. The Morgan fingerprint density at radius 2 is 1.46 bits per heavy atom. The maximum absolute atomic E-state index is 13.2. The van der Waals surface area contributed by atoms with Gasteiger partial charge in [-0.25, -0.2) is 0 Å². The van der Waals surface area contributed by atoms with Crippen molar-refractivity contribution in [3.05, 3.63) is 60.2 Å². The second-order valence-electron chi connectivity index (χ2n) is 8.38. The lowest BCUT2D eigenvalue weighted by atomic mass is 9.99. The Balaban J connectivity index is 2.24. The third kappa shape index (κ3) is 9.61. The second kappa shape index (κ2) is 14.2. The largest absolute Gasteiger partial charge is 0.481 e. The molecular weight excluding hydrogens is 478 g/mol. The Bertz CT molecular complexity index is 1100. The van der Waals surface area contributed by atoms with E-state index in [0.29, 0.717) is 12.0 Å². The lowest BCUT2D eigenvalue weighted by Gasteiger charge is -2.23. The van der Waals surface area contributed by atoms with Gasteiger partial charge >= 0.3 is 5.97 Å². The van der Waals surface area contributed by atoms with Crippen molar-refractivity contribution in [1.29, 1.82) is 0 Å². The molecule has 3 unspecified atom stereocenters. The number of aliphatic carboxylic acids is 1. The van der Waals surface area contributed by atoms with E-state index < -0.39 is 41.8 Å². The SMILES string of the molecule is NC(=O)C(CCCN=C(N)N)NC(=O)C(NC(=O)C(N)CCC(=O)O)c1ccc(-c2ccccc2)cc1. The van der Waals surface area contributed by atoms with Crippen LogP contribution in [0.2, 0.25) is 0 Å². The molecule has 0 saturated carbocycles. The average molecular weight is 512 g/mol. The zero-order chi connectivity index (χ0) is 27.4. The van der Waals surface area contributed by atoms with Gasteiger partial charge in [0, 0.05) is 13.0 Å². The Morgan fingerprint density at radius 1 is 0.838 bits per heavy atom. The van der Waals surface area contributed by atoms with Crippen LogP contribution in [0.25, 0.3) is 11.1 Å². The molecule has 0 aliphatic heterocycles. The first-order valence-corrected chi connectivity index (χ1v) is 11.7. The maximum Gasteiger partial charge on any atom is 0.303 e. The molecule has 37 heavy (non-hydrogen) atoms. The standard InChI is InChI=1S/C25H33N7O5/c26-18(12-13-20(33)34)23(36)32-21(17-10-8-16(9-11-17)15-5-2-1-3-6-15)24(37)31-19(22(27)35)7-4-14-30-25(28)29/h1-3,5-6,8-11,18-19,21H,4,7,12-14,26H2,(H2,27,35)(H,31,37)(H,32,36)(H,33,34)(H4,28,29,30). The van der Waals surface area contributed by atoms with E-state index >= 15 is 0 Å². The number of nitrogens with two attached hydrogens (primary N) is 4. The number of carboxylic acid groups (broad SMARTS) is 1. The molecule has 0 aromatic heterocycles. The minimum absolute atomic E-state index is 0.0966. The number of guanidine groups is 1. The summed E-state index contributed by atoms with van der Waals surface area (Å²) in [6, 6.07) is 13.1. The molecule has 3 atom stereocenters. The van der Waals surface area contributed by atoms with Crippen molar-refractivity contribution in [3.8, 4) is 11.1 Å². The molecule has 0 heterocycles. The van der Waals surface area contributed by atoms with Crippen LogP contribution < -0.4 is 33.6 Å². The number of benzene rings is 2. The molecule has 0 aliphatic rings. The fourth-order valence-corrected chi connectivity index (χ4v) is 3.50. The van der Waals surface area contributed by atoms with Crippen LogP contribution >= 0.6 is 0 Å². The van der Waals surface area contributed by atoms with Crippen molar-refractivity contribution >= 4 is 29.7 Å². The van der Waals surface area contributed by atoms with Crippen molar-refractivity contribution in [2.24, 2.45) is 27.9 Å². The summed E-state index contributed by atoms with van der Waals surface area (Å²) in [6.07, 6.45) is 0.117. The number of rotatable bonds is 14. The normalized spacial score (nSPS) is 13.0. The molecule has 0 spiro atoms. The van der Waals surface area contributed by atoms with E-state index in [2.05, 4.69) is 15.6 Å². The number of amides is 3. The van der Waals surface area contributed by atoms with Crippen molar-refractivity contribution in [2.75, 3.05) is 6.54 Å². The summed E-state index contributed by atoms with van der Waals surface area (Å²) in [7, 11) is 0. The van der Waals surface area contributed by atoms with Gasteiger partial charge < -0.3 is 38.7 Å². The average Bonchev–Trinajstić information content (AvgIpc) is 2.87. The molecule has 12 nitrogen and oxygen atoms in total. The van der Waals surface area contributed by atoms with E-state index in [0.717, 1.165) is 11.1 Å². The highest BCUT2D eigenvalue weighted by atomic mass is 16.4. The summed E-state index contributed by atoms with van der Waals surface area (Å²) in [5, 5.41) is 14.0. The van der Waals surface area contributed by atoms with Gasteiger partial charge in [0.05, 0.1) is 6.04 Å².